The van der Waals surface area contributed by atoms with Gasteiger partial charge in [0.05, 0.1) is 6.04 Å². The van der Waals surface area contributed by atoms with Crippen molar-refractivity contribution < 1.29 is 4.79 Å². The van der Waals surface area contributed by atoms with Crippen LogP contribution in [0.5, 0.6) is 0 Å². The molecule has 1 N–H and O–H groups in total. The number of aryl methyl sites for hydroxylation is 2. The highest BCUT2D eigenvalue weighted by Gasteiger charge is 2.14. The lowest BCUT2D eigenvalue weighted by molar-refractivity contribution is 0.0939. The number of hydrogen-bond donors (Lipinski definition) is 1. The van der Waals surface area contributed by atoms with Gasteiger partial charge in [-0.25, -0.2) is 0 Å². The molecule has 0 heterocycles. The maximum absolute atomic E-state index is 12.4. The van der Waals surface area contributed by atoms with Crippen molar-refractivity contribution in [2.75, 3.05) is 0 Å². The van der Waals surface area contributed by atoms with E-state index in [1.807, 2.05) is 43.3 Å². The molecule has 0 saturated heterocycles. The molecule has 2 heteroatoms. The molecule has 1 amide bonds. The predicted molar refractivity (Wildman–Crippen MR) is 85.4 cm³/mol. The number of hydrogen-bond acceptors (Lipinski definition) is 1. The summed E-state index contributed by atoms with van der Waals surface area (Å²) in [6.45, 7) is 2.02. The lowest BCUT2D eigenvalue weighted by Crippen LogP contribution is -2.26. The van der Waals surface area contributed by atoms with Gasteiger partial charge in [-0.3, -0.25) is 4.79 Å². The molecule has 0 radical (unpaired) electrons. The molecule has 2 aromatic carbocycles. The van der Waals surface area contributed by atoms with Crippen molar-refractivity contribution >= 4 is 5.91 Å². The summed E-state index contributed by atoms with van der Waals surface area (Å²) < 4.78 is 0. The number of carbonyl (C=O) groups excluding carboxylic acids is 1. The van der Waals surface area contributed by atoms with Crippen molar-refractivity contribution in [3.63, 3.8) is 0 Å². The smallest absolute Gasteiger partial charge is 0.251 e. The molecule has 2 aromatic rings. The van der Waals surface area contributed by atoms with Crippen LogP contribution in [0.2, 0.25) is 0 Å². The molecule has 1 aliphatic carbocycles. The molecule has 0 spiro atoms. The highest BCUT2D eigenvalue weighted by molar-refractivity contribution is 5.94. The summed E-state index contributed by atoms with van der Waals surface area (Å²) in [4.78, 5) is 12.4. The minimum Gasteiger partial charge on any atom is -0.346 e. The van der Waals surface area contributed by atoms with Gasteiger partial charge in [0.2, 0.25) is 0 Å². The first-order valence-electron chi connectivity index (χ1n) is 7.71. The Hall–Kier alpha value is -2.09. The number of nitrogens with one attached hydrogen (secondary N) is 1. The molecule has 0 saturated carbocycles. The van der Waals surface area contributed by atoms with Crippen LogP contribution in [0.25, 0.3) is 0 Å². The van der Waals surface area contributed by atoms with Crippen LogP contribution >= 0.6 is 0 Å². The van der Waals surface area contributed by atoms with Crippen LogP contribution in [0.4, 0.5) is 0 Å². The van der Waals surface area contributed by atoms with Gasteiger partial charge in [0, 0.05) is 5.56 Å². The molecule has 0 aromatic heterocycles. The van der Waals surface area contributed by atoms with E-state index in [1.165, 1.54) is 24.0 Å². The van der Waals surface area contributed by atoms with Gasteiger partial charge in [0.1, 0.15) is 0 Å². The average Bonchev–Trinajstić information content (AvgIpc) is 2.55. The first-order chi connectivity index (χ1) is 10.2. The molecular weight excluding hydrogens is 258 g/mol. The SMILES string of the molecule is CC(NC(=O)c1ccc2c(c1)CCCC2)c1ccccc1. The van der Waals surface area contributed by atoms with E-state index in [4.69, 9.17) is 0 Å². The van der Waals surface area contributed by atoms with E-state index in [2.05, 4.69) is 17.4 Å². The van der Waals surface area contributed by atoms with Crippen LogP contribution < -0.4 is 5.32 Å². The van der Waals surface area contributed by atoms with Crippen LogP contribution in [0.1, 0.15) is 52.9 Å². The van der Waals surface area contributed by atoms with Crippen molar-refractivity contribution in [1.29, 1.82) is 0 Å². The van der Waals surface area contributed by atoms with Crippen molar-refractivity contribution in [3.8, 4) is 0 Å². The fourth-order valence-electron chi connectivity index (χ4n) is 2.98. The molecule has 0 bridgehead atoms. The minimum atomic E-state index is 0.0136. The Bertz CT molecular complexity index is 633. The number of rotatable bonds is 3. The molecule has 0 aliphatic heterocycles. The Morgan fingerprint density at radius 1 is 1.00 bits per heavy atom. The zero-order chi connectivity index (χ0) is 14.7. The second-order valence-electron chi connectivity index (χ2n) is 5.80. The second-order valence-corrected chi connectivity index (χ2v) is 5.80. The Morgan fingerprint density at radius 3 is 2.48 bits per heavy atom. The van der Waals surface area contributed by atoms with E-state index in [0.717, 1.165) is 24.0 Å². The molecule has 2 nitrogen and oxygen atoms in total. The normalized spacial score (nSPS) is 15.1. The zero-order valence-electron chi connectivity index (χ0n) is 12.4. The summed E-state index contributed by atoms with van der Waals surface area (Å²) in [6, 6.07) is 16.2. The maximum Gasteiger partial charge on any atom is 0.251 e. The van der Waals surface area contributed by atoms with E-state index in [1.54, 1.807) is 0 Å². The molecule has 108 valence electrons. The van der Waals surface area contributed by atoms with Crippen molar-refractivity contribution in [1.82, 2.24) is 5.32 Å². The van der Waals surface area contributed by atoms with Crippen LogP contribution in [-0.2, 0) is 12.8 Å². The van der Waals surface area contributed by atoms with Crippen LogP contribution in [0, 0.1) is 0 Å². The van der Waals surface area contributed by atoms with E-state index >= 15 is 0 Å². The third-order valence-electron chi connectivity index (χ3n) is 4.26. The van der Waals surface area contributed by atoms with E-state index in [9.17, 15) is 4.79 Å². The third kappa shape index (κ3) is 3.15. The summed E-state index contributed by atoms with van der Waals surface area (Å²) in [5.41, 5.74) is 4.66. The Balaban J connectivity index is 1.73. The summed E-state index contributed by atoms with van der Waals surface area (Å²) in [5, 5.41) is 3.08. The fraction of sp³-hybridized carbons (Fsp3) is 0.316. The number of fused-ring (bicyclic) bond motifs is 1. The molecular formula is C19H21NO. The maximum atomic E-state index is 12.4. The summed E-state index contributed by atoms with van der Waals surface area (Å²) in [5.74, 6) is 0.0136. The first-order valence-corrected chi connectivity index (χ1v) is 7.71. The quantitative estimate of drug-likeness (QED) is 0.902. The van der Waals surface area contributed by atoms with Gasteiger partial charge in [0.25, 0.3) is 5.91 Å². The molecule has 3 rings (SSSR count). The van der Waals surface area contributed by atoms with Crippen LogP contribution in [-0.4, -0.2) is 5.91 Å². The Morgan fingerprint density at radius 2 is 1.71 bits per heavy atom. The van der Waals surface area contributed by atoms with Crippen molar-refractivity contribution in [2.45, 2.75) is 38.6 Å². The van der Waals surface area contributed by atoms with Crippen molar-refractivity contribution in [3.05, 3.63) is 70.8 Å². The molecule has 1 atom stereocenters. The lowest BCUT2D eigenvalue weighted by atomic mass is 9.90. The van der Waals surface area contributed by atoms with Gasteiger partial charge in [-0.05, 0) is 61.4 Å². The Labute approximate surface area is 126 Å². The van der Waals surface area contributed by atoms with Crippen LogP contribution in [0.3, 0.4) is 0 Å². The van der Waals surface area contributed by atoms with Gasteiger partial charge in [-0.15, -0.1) is 0 Å². The first kappa shape index (κ1) is 13.9. The van der Waals surface area contributed by atoms with E-state index < -0.39 is 0 Å². The van der Waals surface area contributed by atoms with Gasteiger partial charge in [0.15, 0.2) is 0 Å². The van der Waals surface area contributed by atoms with Gasteiger partial charge < -0.3 is 5.32 Å². The number of carbonyl (C=O) groups is 1. The summed E-state index contributed by atoms with van der Waals surface area (Å²) in [7, 11) is 0. The van der Waals surface area contributed by atoms with Crippen molar-refractivity contribution in [2.24, 2.45) is 0 Å². The second kappa shape index (κ2) is 6.13. The van der Waals surface area contributed by atoms with Gasteiger partial charge in [-0.2, -0.15) is 0 Å². The topological polar surface area (TPSA) is 29.1 Å². The molecule has 21 heavy (non-hydrogen) atoms. The molecule has 1 aliphatic rings. The number of benzene rings is 2. The Kier molecular flexibility index (Phi) is 4.05. The highest BCUT2D eigenvalue weighted by Crippen LogP contribution is 2.22. The van der Waals surface area contributed by atoms with Gasteiger partial charge in [-0.1, -0.05) is 36.4 Å². The summed E-state index contributed by atoms with van der Waals surface area (Å²) >= 11 is 0. The highest BCUT2D eigenvalue weighted by atomic mass is 16.1. The third-order valence-corrected chi connectivity index (χ3v) is 4.26. The van der Waals surface area contributed by atoms with E-state index in [-0.39, 0.29) is 11.9 Å². The number of amides is 1. The standard InChI is InChI=1S/C19H21NO/c1-14(15-7-3-2-4-8-15)20-19(21)18-12-11-16-9-5-6-10-17(16)13-18/h2-4,7-8,11-14H,5-6,9-10H2,1H3,(H,20,21). The van der Waals surface area contributed by atoms with E-state index in [0.29, 0.717) is 0 Å². The largest absolute Gasteiger partial charge is 0.346 e. The minimum absolute atomic E-state index is 0.0136. The molecule has 0 fully saturated rings. The fourth-order valence-corrected chi connectivity index (χ4v) is 2.98. The molecule has 1 unspecified atom stereocenters. The van der Waals surface area contributed by atoms with Gasteiger partial charge >= 0.3 is 0 Å². The van der Waals surface area contributed by atoms with Crippen LogP contribution in [0.15, 0.2) is 48.5 Å². The monoisotopic (exact) mass is 279 g/mol. The zero-order valence-corrected chi connectivity index (χ0v) is 12.4. The summed E-state index contributed by atoms with van der Waals surface area (Å²) in [6.07, 6.45) is 4.75. The lowest BCUT2D eigenvalue weighted by Gasteiger charge is -2.18. The predicted octanol–water partition coefficient (Wildman–Crippen LogP) is 4.06. The average molecular weight is 279 g/mol.